The van der Waals surface area contributed by atoms with Gasteiger partial charge < -0.3 is 13.4 Å². The third-order valence-corrected chi connectivity index (χ3v) is 16.2. The highest BCUT2D eigenvalue weighted by molar-refractivity contribution is 6.81. The topological polar surface area (TPSA) is 21.7 Å². The molecule has 1 fully saturated rings. The summed E-state index contributed by atoms with van der Waals surface area (Å²) in [6, 6.07) is 2.00. The first-order valence-corrected chi connectivity index (χ1v) is 15.6. The van der Waals surface area contributed by atoms with E-state index < -0.39 is 17.5 Å². The van der Waals surface area contributed by atoms with Gasteiger partial charge in [-0.2, -0.15) is 0 Å². The van der Waals surface area contributed by atoms with E-state index in [4.69, 9.17) is 8.85 Å². The predicted octanol–water partition coefficient (Wildman–Crippen LogP) is 6.48. The fourth-order valence-electron chi connectivity index (χ4n) is 6.18. The second-order valence-corrected chi connectivity index (χ2v) is 17.8. The molecule has 1 aliphatic carbocycles. The van der Waals surface area contributed by atoms with E-state index in [-0.39, 0.29) is 0 Å². The highest BCUT2D eigenvalue weighted by Gasteiger charge is 2.49. The van der Waals surface area contributed by atoms with Crippen molar-refractivity contribution in [2.24, 2.45) is 0 Å². The van der Waals surface area contributed by atoms with Crippen LogP contribution >= 0.6 is 0 Å². The summed E-state index contributed by atoms with van der Waals surface area (Å²) in [6.45, 7) is 16.5. The van der Waals surface area contributed by atoms with Crippen molar-refractivity contribution in [2.75, 3.05) is 20.8 Å². The van der Waals surface area contributed by atoms with Crippen LogP contribution in [0.15, 0.2) is 0 Å². The molecule has 0 heterocycles. The lowest BCUT2D eigenvalue weighted by molar-refractivity contribution is 0.228. The molecule has 162 valence electrons. The summed E-state index contributed by atoms with van der Waals surface area (Å²) in [6.07, 6.45) is 11.1. The average Bonchev–Trinajstić information content (AvgIpc) is 2.63. The quantitative estimate of drug-likeness (QED) is 0.254. The largest absolute Gasteiger partial charge is 0.400 e. The van der Waals surface area contributed by atoms with Crippen molar-refractivity contribution in [3.63, 3.8) is 0 Å². The number of hydrogen-bond acceptors (Lipinski definition) is 3. The average molecular weight is 416 g/mol. The second-order valence-electron chi connectivity index (χ2n) is 9.59. The molecule has 0 atom stereocenters. The van der Waals surface area contributed by atoms with E-state index in [0.717, 1.165) is 28.7 Å². The molecular formula is C22H49NO2Si2. The summed E-state index contributed by atoms with van der Waals surface area (Å²) in [4.78, 5) is 0. The normalized spacial score (nSPS) is 17.2. The van der Waals surface area contributed by atoms with E-state index in [1.54, 1.807) is 14.2 Å². The Morgan fingerprint density at radius 1 is 0.815 bits per heavy atom. The fourth-order valence-corrected chi connectivity index (χ4v) is 14.9. The van der Waals surface area contributed by atoms with Crippen molar-refractivity contribution in [3.8, 4) is 0 Å². The Morgan fingerprint density at radius 3 is 1.78 bits per heavy atom. The van der Waals surface area contributed by atoms with Crippen LogP contribution in [0.1, 0.15) is 92.9 Å². The zero-order valence-electron chi connectivity index (χ0n) is 19.7. The van der Waals surface area contributed by atoms with Crippen LogP contribution in [-0.2, 0) is 8.85 Å². The number of rotatable bonds is 13. The monoisotopic (exact) mass is 415 g/mol. The first-order chi connectivity index (χ1) is 12.8. The molecule has 1 rings (SSSR count). The molecule has 0 aromatic rings. The molecule has 0 radical (unpaired) electrons. The van der Waals surface area contributed by atoms with Crippen LogP contribution in [0.5, 0.6) is 0 Å². The van der Waals surface area contributed by atoms with Gasteiger partial charge >= 0.3 is 9.28 Å². The van der Waals surface area contributed by atoms with E-state index in [2.05, 4.69) is 46.1 Å². The molecule has 27 heavy (non-hydrogen) atoms. The molecule has 0 unspecified atom stereocenters. The summed E-state index contributed by atoms with van der Waals surface area (Å²) >= 11 is 0. The van der Waals surface area contributed by atoms with Gasteiger partial charge in [-0.1, -0.05) is 73.6 Å². The minimum absolute atomic E-state index is 0.818. The maximum absolute atomic E-state index is 5.48. The Morgan fingerprint density at radius 2 is 1.33 bits per heavy atom. The van der Waals surface area contributed by atoms with Crippen molar-refractivity contribution in [2.45, 2.75) is 122 Å². The van der Waals surface area contributed by atoms with Crippen molar-refractivity contribution < 1.29 is 8.85 Å². The molecule has 0 saturated heterocycles. The summed E-state index contributed by atoms with van der Waals surface area (Å²) in [7, 11) is 0.687. The molecule has 0 N–H and O–H groups in total. The predicted molar refractivity (Wildman–Crippen MR) is 124 cm³/mol. The van der Waals surface area contributed by atoms with Gasteiger partial charge in [-0.15, -0.1) is 0 Å². The highest BCUT2D eigenvalue weighted by atomic mass is 28.3. The number of nitrogens with zero attached hydrogens (tertiary/aromatic N) is 1. The van der Waals surface area contributed by atoms with Gasteiger partial charge in [0.1, 0.15) is 8.24 Å². The SMILES string of the molecule is CO[SiH](CCCCCN(C1CCCCC1)[Si](C(C)C)(C(C)C)C(C)C)OC. The van der Waals surface area contributed by atoms with Gasteiger partial charge in [0.25, 0.3) is 0 Å². The van der Waals surface area contributed by atoms with Crippen molar-refractivity contribution in [1.82, 2.24) is 4.57 Å². The molecule has 0 aliphatic heterocycles. The van der Waals surface area contributed by atoms with E-state index in [1.807, 2.05) is 0 Å². The lowest BCUT2D eigenvalue weighted by atomic mass is 9.95. The minimum atomic E-state index is -1.55. The number of unbranched alkanes of at least 4 members (excludes halogenated alkanes) is 2. The standard InChI is InChI=1S/C22H49NO2Si2/c1-19(2)27(20(3)4,21(5)6)23(22-15-11-9-12-16-22)17-13-10-14-18-26(24-7)25-8/h19-22,26H,9-18H2,1-8H3. The summed E-state index contributed by atoms with van der Waals surface area (Å²) in [5.74, 6) is 0. The van der Waals surface area contributed by atoms with Crippen LogP contribution in [-0.4, -0.2) is 48.9 Å². The van der Waals surface area contributed by atoms with Gasteiger partial charge in [0.15, 0.2) is 0 Å². The molecule has 3 nitrogen and oxygen atoms in total. The molecule has 1 saturated carbocycles. The van der Waals surface area contributed by atoms with Crippen LogP contribution in [0, 0.1) is 0 Å². The lowest BCUT2D eigenvalue weighted by Gasteiger charge is -2.55. The number of hydrogen-bond donors (Lipinski definition) is 0. The summed E-state index contributed by atoms with van der Waals surface area (Å²) < 4.78 is 14.1. The van der Waals surface area contributed by atoms with E-state index >= 15 is 0 Å². The molecule has 0 bridgehead atoms. The van der Waals surface area contributed by atoms with Crippen molar-refractivity contribution in [3.05, 3.63) is 0 Å². The van der Waals surface area contributed by atoms with Crippen LogP contribution in [0.4, 0.5) is 0 Å². The lowest BCUT2D eigenvalue weighted by Crippen LogP contribution is -2.63. The molecule has 1 aliphatic rings. The molecule has 0 aromatic carbocycles. The van der Waals surface area contributed by atoms with Crippen LogP contribution in [0.25, 0.3) is 0 Å². The van der Waals surface area contributed by atoms with Crippen molar-refractivity contribution in [1.29, 1.82) is 0 Å². The third kappa shape index (κ3) is 6.66. The summed E-state index contributed by atoms with van der Waals surface area (Å²) in [5.41, 5.74) is 2.45. The molecule has 5 heteroatoms. The molecule has 0 aromatic heterocycles. The third-order valence-electron chi connectivity index (χ3n) is 7.15. The molecule has 0 spiro atoms. The van der Waals surface area contributed by atoms with Crippen LogP contribution in [0.3, 0.4) is 0 Å². The summed E-state index contributed by atoms with van der Waals surface area (Å²) in [5, 5.41) is 0. The van der Waals surface area contributed by atoms with Crippen molar-refractivity contribution >= 4 is 17.5 Å². The Balaban J connectivity index is 2.85. The van der Waals surface area contributed by atoms with Gasteiger partial charge in [0, 0.05) is 20.3 Å². The Labute approximate surface area is 173 Å². The van der Waals surface area contributed by atoms with Crippen LogP contribution < -0.4 is 0 Å². The fraction of sp³-hybridized carbons (Fsp3) is 1.00. The first kappa shape index (κ1) is 25.4. The zero-order chi connectivity index (χ0) is 20.4. The highest BCUT2D eigenvalue weighted by Crippen LogP contribution is 2.46. The maximum Gasteiger partial charge on any atom is 0.320 e. The Hall–Kier alpha value is 0.314. The van der Waals surface area contributed by atoms with E-state index in [0.29, 0.717) is 0 Å². The van der Waals surface area contributed by atoms with Crippen LogP contribution in [0.2, 0.25) is 22.7 Å². The van der Waals surface area contributed by atoms with Gasteiger partial charge in [0.2, 0.25) is 0 Å². The molecular weight excluding hydrogens is 366 g/mol. The van der Waals surface area contributed by atoms with Gasteiger partial charge in [0.05, 0.1) is 0 Å². The first-order valence-electron chi connectivity index (χ1n) is 11.6. The smallest absolute Gasteiger partial charge is 0.320 e. The van der Waals surface area contributed by atoms with Gasteiger partial charge in [-0.05, 0) is 48.5 Å². The second kappa shape index (κ2) is 12.8. The molecule has 0 amide bonds. The Kier molecular flexibility index (Phi) is 12.0. The maximum atomic E-state index is 5.48. The van der Waals surface area contributed by atoms with Gasteiger partial charge in [-0.3, -0.25) is 0 Å². The Bertz CT molecular complexity index is 359. The van der Waals surface area contributed by atoms with E-state index in [1.165, 1.54) is 57.9 Å². The van der Waals surface area contributed by atoms with E-state index in [9.17, 15) is 0 Å². The zero-order valence-corrected chi connectivity index (χ0v) is 21.9. The van der Waals surface area contributed by atoms with Gasteiger partial charge in [-0.25, -0.2) is 0 Å². The minimum Gasteiger partial charge on any atom is -0.400 e.